The smallest absolute Gasteiger partial charge is 0.313 e. The van der Waals surface area contributed by atoms with Crippen LogP contribution in [0.3, 0.4) is 0 Å². The molecule has 2 aromatic carbocycles. The fourth-order valence-electron chi connectivity index (χ4n) is 4.94. The van der Waals surface area contributed by atoms with Crippen LogP contribution in [0, 0.1) is 5.92 Å². The summed E-state index contributed by atoms with van der Waals surface area (Å²) in [5, 5.41) is 0. The molecule has 4 heteroatoms. The number of fused-ring (bicyclic) bond motifs is 3. The van der Waals surface area contributed by atoms with E-state index in [0.717, 1.165) is 73.1 Å². The first-order chi connectivity index (χ1) is 15.6. The molecule has 2 aliphatic carbocycles. The number of hydrogen-bond donors (Lipinski definition) is 0. The van der Waals surface area contributed by atoms with Crippen molar-refractivity contribution < 1.29 is 14.3 Å². The highest BCUT2D eigenvalue weighted by molar-refractivity contribution is 6.24. The maximum Gasteiger partial charge on any atom is 0.313 e. The lowest BCUT2D eigenvalue weighted by Gasteiger charge is -2.25. The number of benzene rings is 2. The van der Waals surface area contributed by atoms with E-state index in [4.69, 9.17) is 9.73 Å². The number of rotatable bonds is 8. The molecule has 0 fully saturated rings. The Morgan fingerprint density at radius 3 is 2.12 bits per heavy atom. The van der Waals surface area contributed by atoms with E-state index in [1.54, 1.807) is 0 Å². The Balaban J connectivity index is 1.79. The number of ether oxygens (including phenoxy) is 1. The average Bonchev–Trinajstić information content (AvgIpc) is 3.14. The zero-order valence-corrected chi connectivity index (χ0v) is 19.0. The summed E-state index contributed by atoms with van der Waals surface area (Å²) in [5.74, 6) is -0.743. The molecule has 0 aromatic heterocycles. The van der Waals surface area contributed by atoms with Crippen LogP contribution >= 0.6 is 0 Å². The number of unbranched alkanes of at least 4 members (excludes halogenated alkanes) is 1. The monoisotopic (exact) mass is 429 g/mol. The summed E-state index contributed by atoms with van der Waals surface area (Å²) in [4.78, 5) is 30.2. The lowest BCUT2D eigenvalue weighted by Crippen LogP contribution is -2.23. The zero-order chi connectivity index (χ0) is 22.5. The van der Waals surface area contributed by atoms with Crippen LogP contribution in [0.1, 0.15) is 69.4 Å². The van der Waals surface area contributed by atoms with E-state index in [-0.39, 0.29) is 18.1 Å². The molecule has 0 saturated carbocycles. The van der Waals surface area contributed by atoms with Crippen molar-refractivity contribution in [3.63, 3.8) is 0 Å². The number of Topliss-reactive ketones (excluding diaryl/α,β-unsaturated/α-hetero) is 1. The number of methoxy groups -OCH3 is 1. The second-order valence-corrected chi connectivity index (χ2v) is 8.64. The number of aliphatic imine (C=N–C) groups is 1. The van der Waals surface area contributed by atoms with Crippen LogP contribution in [0.25, 0.3) is 11.1 Å². The van der Waals surface area contributed by atoms with Crippen molar-refractivity contribution in [2.75, 3.05) is 7.11 Å². The predicted octanol–water partition coefficient (Wildman–Crippen LogP) is 6.27. The largest absolute Gasteiger partial charge is 0.469 e. The van der Waals surface area contributed by atoms with Crippen LogP contribution < -0.4 is 0 Å². The fraction of sp³-hybridized carbons (Fsp3) is 0.393. The highest BCUT2D eigenvalue weighted by Gasteiger charge is 2.30. The molecule has 0 bridgehead atoms. The third-order valence-electron chi connectivity index (χ3n) is 6.58. The molecule has 2 aromatic rings. The van der Waals surface area contributed by atoms with Crippen molar-refractivity contribution in [1.82, 2.24) is 0 Å². The summed E-state index contributed by atoms with van der Waals surface area (Å²) >= 11 is 0. The number of allylic oxidation sites excluding steroid dienone is 2. The van der Waals surface area contributed by atoms with Gasteiger partial charge in [0.05, 0.1) is 12.8 Å². The molecular weight excluding hydrogens is 398 g/mol. The summed E-state index contributed by atoms with van der Waals surface area (Å²) in [6.45, 7) is 2.13. The Morgan fingerprint density at radius 2 is 1.53 bits per heavy atom. The predicted molar refractivity (Wildman–Crippen MR) is 128 cm³/mol. The van der Waals surface area contributed by atoms with Gasteiger partial charge in [0.2, 0.25) is 0 Å². The van der Waals surface area contributed by atoms with E-state index in [0.29, 0.717) is 0 Å². The topological polar surface area (TPSA) is 55.7 Å². The molecule has 166 valence electrons. The standard InChI is InChI=1S/C28H31NO3/c1-3-4-11-22(26(30)18-27(31)32-2)21-14-9-10-17-25(21)29-28-23-15-7-5-12-19(23)20-13-6-8-16-24(20)28/h5-8,12-13,15-16,22H,3-4,9-11,14,17-18H2,1-2H3. The van der Waals surface area contributed by atoms with Crippen molar-refractivity contribution in [1.29, 1.82) is 0 Å². The van der Waals surface area contributed by atoms with E-state index in [2.05, 4.69) is 55.5 Å². The number of esters is 1. The number of ketones is 1. The molecule has 2 aliphatic rings. The van der Waals surface area contributed by atoms with Crippen LogP contribution in [0.4, 0.5) is 0 Å². The summed E-state index contributed by atoms with van der Waals surface area (Å²) in [6.07, 6.45) is 6.45. The van der Waals surface area contributed by atoms with E-state index < -0.39 is 5.97 Å². The van der Waals surface area contributed by atoms with Gasteiger partial charge in [0.1, 0.15) is 6.42 Å². The first kappa shape index (κ1) is 22.2. The van der Waals surface area contributed by atoms with E-state index >= 15 is 0 Å². The molecule has 4 nitrogen and oxygen atoms in total. The van der Waals surface area contributed by atoms with Crippen LogP contribution in [-0.4, -0.2) is 24.6 Å². The quantitative estimate of drug-likeness (QED) is 0.313. The number of carbonyl (C=O) groups is 2. The Labute approximate surface area is 190 Å². The Morgan fingerprint density at radius 1 is 0.938 bits per heavy atom. The van der Waals surface area contributed by atoms with Gasteiger partial charge in [-0.2, -0.15) is 0 Å². The number of nitrogens with zero attached hydrogens (tertiary/aromatic N) is 1. The third kappa shape index (κ3) is 4.45. The molecule has 0 aliphatic heterocycles. The van der Waals surface area contributed by atoms with E-state index in [1.807, 2.05) is 0 Å². The molecule has 0 saturated heterocycles. The summed E-state index contributed by atoms with van der Waals surface area (Å²) in [6, 6.07) is 16.8. The molecule has 1 unspecified atom stereocenters. The van der Waals surface area contributed by atoms with Gasteiger partial charge in [0.15, 0.2) is 5.78 Å². The molecule has 0 amide bonds. The minimum absolute atomic E-state index is 0.0351. The Hall–Kier alpha value is -3.01. The SMILES string of the molecule is CCCCC(C(=O)CC(=O)OC)C1=C(N=C2c3ccccc3-c3ccccc32)CCCC1. The maximum atomic E-state index is 13.1. The first-order valence-corrected chi connectivity index (χ1v) is 11.7. The number of hydrogen-bond acceptors (Lipinski definition) is 4. The Bertz CT molecular complexity index is 1030. The van der Waals surface area contributed by atoms with Crippen LogP contribution in [0.15, 0.2) is 64.8 Å². The molecule has 32 heavy (non-hydrogen) atoms. The lowest BCUT2D eigenvalue weighted by molar-refractivity contribution is -0.144. The van der Waals surface area contributed by atoms with Crippen molar-refractivity contribution in [3.8, 4) is 11.1 Å². The van der Waals surface area contributed by atoms with Gasteiger partial charge in [-0.25, -0.2) is 0 Å². The van der Waals surface area contributed by atoms with Crippen molar-refractivity contribution in [2.24, 2.45) is 10.9 Å². The normalized spacial score (nSPS) is 15.8. The van der Waals surface area contributed by atoms with E-state index in [1.165, 1.54) is 18.2 Å². The van der Waals surface area contributed by atoms with E-state index in [9.17, 15) is 9.59 Å². The fourth-order valence-corrected chi connectivity index (χ4v) is 4.94. The van der Waals surface area contributed by atoms with Gasteiger partial charge in [-0.15, -0.1) is 0 Å². The molecule has 0 radical (unpaired) electrons. The van der Waals surface area contributed by atoms with Crippen LogP contribution in [0.2, 0.25) is 0 Å². The van der Waals surface area contributed by atoms with Gasteiger partial charge in [-0.1, -0.05) is 68.3 Å². The van der Waals surface area contributed by atoms with Crippen LogP contribution in [-0.2, 0) is 14.3 Å². The summed E-state index contributed by atoms with van der Waals surface area (Å²) in [7, 11) is 1.34. The van der Waals surface area contributed by atoms with Crippen molar-refractivity contribution in [3.05, 3.63) is 70.9 Å². The van der Waals surface area contributed by atoms with Gasteiger partial charge >= 0.3 is 5.97 Å². The summed E-state index contributed by atoms with van der Waals surface area (Å²) in [5.41, 5.74) is 7.90. The molecular formula is C28H31NO3. The second kappa shape index (κ2) is 10.1. The van der Waals surface area contributed by atoms with Crippen LogP contribution in [0.5, 0.6) is 0 Å². The third-order valence-corrected chi connectivity index (χ3v) is 6.58. The molecule has 0 spiro atoms. The van der Waals surface area contributed by atoms with Gasteiger partial charge in [0.25, 0.3) is 0 Å². The van der Waals surface area contributed by atoms with Gasteiger partial charge in [-0.05, 0) is 48.8 Å². The highest BCUT2D eigenvalue weighted by Crippen LogP contribution is 2.40. The highest BCUT2D eigenvalue weighted by atomic mass is 16.5. The van der Waals surface area contributed by atoms with Gasteiger partial charge < -0.3 is 4.74 Å². The molecule has 1 atom stereocenters. The molecule has 0 N–H and O–H groups in total. The lowest BCUT2D eigenvalue weighted by atomic mass is 9.81. The molecule has 4 rings (SSSR count). The van der Waals surface area contributed by atoms with Gasteiger partial charge in [-0.3, -0.25) is 14.6 Å². The second-order valence-electron chi connectivity index (χ2n) is 8.64. The van der Waals surface area contributed by atoms with Crippen molar-refractivity contribution >= 4 is 17.5 Å². The van der Waals surface area contributed by atoms with Gasteiger partial charge in [0, 0.05) is 22.7 Å². The summed E-state index contributed by atoms with van der Waals surface area (Å²) < 4.78 is 4.77. The minimum Gasteiger partial charge on any atom is -0.469 e. The Kier molecular flexibility index (Phi) is 6.99. The average molecular weight is 430 g/mol. The maximum absolute atomic E-state index is 13.1. The zero-order valence-electron chi connectivity index (χ0n) is 19.0. The number of carbonyl (C=O) groups excluding carboxylic acids is 2. The molecule has 0 heterocycles. The van der Waals surface area contributed by atoms with Crippen molar-refractivity contribution in [2.45, 2.75) is 58.3 Å². The minimum atomic E-state index is -0.459. The first-order valence-electron chi connectivity index (χ1n) is 11.7.